The highest BCUT2D eigenvalue weighted by molar-refractivity contribution is 5.81. The second kappa shape index (κ2) is 6.11. The van der Waals surface area contributed by atoms with E-state index in [-0.39, 0.29) is 17.9 Å². The first kappa shape index (κ1) is 12.5. The molecule has 0 aromatic heterocycles. The third kappa shape index (κ3) is 4.20. The maximum absolute atomic E-state index is 11.7. The van der Waals surface area contributed by atoms with Gasteiger partial charge in [-0.25, -0.2) is 0 Å². The van der Waals surface area contributed by atoms with Gasteiger partial charge in [0, 0.05) is 6.04 Å². The molecule has 88 valence electrons. The summed E-state index contributed by atoms with van der Waals surface area (Å²) >= 11 is 0. The lowest BCUT2D eigenvalue weighted by Crippen LogP contribution is -2.47. The Kier molecular flexibility index (Phi) is 5.09. The third-order valence-corrected chi connectivity index (χ3v) is 3.22. The number of rotatable bonds is 3. The van der Waals surface area contributed by atoms with E-state index < -0.39 is 0 Å². The van der Waals surface area contributed by atoms with Crippen molar-refractivity contribution in [1.29, 1.82) is 0 Å². The predicted octanol–water partition coefficient (Wildman–Crippen LogP) is 1.81. The molecular formula is C12H24N2O. The first-order chi connectivity index (χ1) is 7.11. The highest BCUT2D eigenvalue weighted by Crippen LogP contribution is 2.17. The van der Waals surface area contributed by atoms with Crippen molar-refractivity contribution in [2.45, 2.75) is 64.5 Å². The summed E-state index contributed by atoms with van der Waals surface area (Å²) in [5.41, 5.74) is 5.80. The Bertz CT molecular complexity index is 196. The lowest BCUT2D eigenvalue weighted by Gasteiger charge is -2.21. The molecule has 0 aliphatic heterocycles. The molecule has 0 heterocycles. The number of nitrogens with two attached hydrogens (primary N) is 1. The van der Waals surface area contributed by atoms with Gasteiger partial charge in [0.2, 0.25) is 5.91 Å². The van der Waals surface area contributed by atoms with Gasteiger partial charge in [-0.1, -0.05) is 39.5 Å². The molecule has 1 rings (SSSR count). The Labute approximate surface area is 92.8 Å². The molecule has 0 unspecified atom stereocenters. The van der Waals surface area contributed by atoms with E-state index >= 15 is 0 Å². The van der Waals surface area contributed by atoms with Crippen LogP contribution in [0.1, 0.15) is 52.4 Å². The lowest BCUT2D eigenvalue weighted by atomic mass is 10.0. The van der Waals surface area contributed by atoms with Crippen LogP contribution in [0.25, 0.3) is 0 Å². The molecular weight excluding hydrogens is 188 g/mol. The summed E-state index contributed by atoms with van der Waals surface area (Å²) in [6, 6.07) is 0.0121. The summed E-state index contributed by atoms with van der Waals surface area (Å²) in [6.07, 6.45) is 7.34. The smallest absolute Gasteiger partial charge is 0.237 e. The van der Waals surface area contributed by atoms with E-state index in [0.717, 1.165) is 12.8 Å². The Hall–Kier alpha value is -0.570. The Morgan fingerprint density at radius 2 is 1.73 bits per heavy atom. The van der Waals surface area contributed by atoms with E-state index in [9.17, 15) is 4.79 Å². The van der Waals surface area contributed by atoms with Gasteiger partial charge < -0.3 is 11.1 Å². The van der Waals surface area contributed by atoms with E-state index in [2.05, 4.69) is 5.32 Å². The van der Waals surface area contributed by atoms with Crippen molar-refractivity contribution in [1.82, 2.24) is 5.32 Å². The number of hydrogen-bond acceptors (Lipinski definition) is 2. The van der Waals surface area contributed by atoms with Gasteiger partial charge in [0.05, 0.1) is 6.04 Å². The van der Waals surface area contributed by atoms with Crippen molar-refractivity contribution in [3.05, 3.63) is 0 Å². The van der Waals surface area contributed by atoms with E-state index in [0.29, 0.717) is 6.04 Å². The summed E-state index contributed by atoms with van der Waals surface area (Å²) in [6.45, 7) is 3.97. The summed E-state index contributed by atoms with van der Waals surface area (Å²) in [7, 11) is 0. The molecule has 1 atom stereocenters. The standard InChI is InChI=1S/C12H24N2O/c1-9(2)11(13)12(15)14-10-7-5-3-4-6-8-10/h9-11H,3-8,13H2,1-2H3,(H,14,15)/t11-/m0/s1. The largest absolute Gasteiger partial charge is 0.352 e. The molecule has 0 aromatic carbocycles. The highest BCUT2D eigenvalue weighted by Gasteiger charge is 2.21. The molecule has 0 aromatic rings. The van der Waals surface area contributed by atoms with Crippen molar-refractivity contribution in [3.8, 4) is 0 Å². The van der Waals surface area contributed by atoms with Gasteiger partial charge in [0.25, 0.3) is 0 Å². The monoisotopic (exact) mass is 212 g/mol. The molecule has 0 radical (unpaired) electrons. The van der Waals surface area contributed by atoms with Gasteiger partial charge in [-0.3, -0.25) is 4.79 Å². The van der Waals surface area contributed by atoms with Crippen LogP contribution in [-0.4, -0.2) is 18.0 Å². The van der Waals surface area contributed by atoms with Crippen LogP contribution < -0.4 is 11.1 Å². The van der Waals surface area contributed by atoms with E-state index in [1.807, 2.05) is 13.8 Å². The fourth-order valence-corrected chi connectivity index (χ4v) is 2.02. The fraction of sp³-hybridized carbons (Fsp3) is 0.917. The molecule has 3 N–H and O–H groups in total. The molecule has 0 bridgehead atoms. The molecule has 1 aliphatic carbocycles. The van der Waals surface area contributed by atoms with E-state index in [4.69, 9.17) is 5.73 Å². The van der Waals surface area contributed by atoms with Crippen LogP contribution in [0, 0.1) is 5.92 Å². The zero-order valence-electron chi connectivity index (χ0n) is 9.96. The second-order valence-corrected chi connectivity index (χ2v) is 4.97. The molecule has 3 nitrogen and oxygen atoms in total. The maximum Gasteiger partial charge on any atom is 0.237 e. The van der Waals surface area contributed by atoms with Crippen molar-refractivity contribution < 1.29 is 4.79 Å². The zero-order chi connectivity index (χ0) is 11.3. The van der Waals surface area contributed by atoms with Crippen molar-refractivity contribution in [2.75, 3.05) is 0 Å². The second-order valence-electron chi connectivity index (χ2n) is 4.97. The zero-order valence-corrected chi connectivity index (χ0v) is 9.96. The molecule has 0 spiro atoms. The lowest BCUT2D eigenvalue weighted by molar-refractivity contribution is -0.124. The van der Waals surface area contributed by atoms with Crippen molar-refractivity contribution in [3.63, 3.8) is 0 Å². The molecule has 15 heavy (non-hydrogen) atoms. The number of carbonyl (C=O) groups is 1. The highest BCUT2D eigenvalue weighted by atomic mass is 16.2. The van der Waals surface area contributed by atoms with Gasteiger partial charge in [0.15, 0.2) is 0 Å². The average molecular weight is 212 g/mol. The number of nitrogens with one attached hydrogen (secondary N) is 1. The van der Waals surface area contributed by atoms with Gasteiger partial charge in [0.1, 0.15) is 0 Å². The fourth-order valence-electron chi connectivity index (χ4n) is 2.02. The van der Waals surface area contributed by atoms with E-state index in [1.54, 1.807) is 0 Å². The Morgan fingerprint density at radius 1 is 1.20 bits per heavy atom. The predicted molar refractivity (Wildman–Crippen MR) is 62.4 cm³/mol. The topological polar surface area (TPSA) is 55.1 Å². The van der Waals surface area contributed by atoms with Crippen LogP contribution in [0.2, 0.25) is 0 Å². The Balaban J connectivity index is 2.35. The molecule has 1 aliphatic rings. The normalized spacial score (nSPS) is 21.1. The van der Waals surface area contributed by atoms with Crippen molar-refractivity contribution in [2.24, 2.45) is 11.7 Å². The average Bonchev–Trinajstić information content (AvgIpc) is 2.45. The summed E-state index contributed by atoms with van der Waals surface area (Å²) in [5, 5.41) is 3.08. The molecule has 3 heteroatoms. The van der Waals surface area contributed by atoms with Crippen LogP contribution in [0.5, 0.6) is 0 Å². The molecule has 1 fully saturated rings. The van der Waals surface area contributed by atoms with Crippen LogP contribution in [-0.2, 0) is 4.79 Å². The Morgan fingerprint density at radius 3 is 2.20 bits per heavy atom. The summed E-state index contributed by atoms with van der Waals surface area (Å²) in [4.78, 5) is 11.7. The summed E-state index contributed by atoms with van der Waals surface area (Å²) < 4.78 is 0. The minimum absolute atomic E-state index is 0.0249. The van der Waals surface area contributed by atoms with Crippen LogP contribution >= 0.6 is 0 Å². The first-order valence-electron chi connectivity index (χ1n) is 6.17. The number of hydrogen-bond donors (Lipinski definition) is 2. The third-order valence-electron chi connectivity index (χ3n) is 3.22. The first-order valence-corrected chi connectivity index (χ1v) is 6.17. The van der Waals surface area contributed by atoms with E-state index in [1.165, 1.54) is 25.7 Å². The van der Waals surface area contributed by atoms with Crippen LogP contribution in [0.4, 0.5) is 0 Å². The van der Waals surface area contributed by atoms with Crippen molar-refractivity contribution >= 4 is 5.91 Å². The van der Waals surface area contributed by atoms with Gasteiger partial charge in [-0.2, -0.15) is 0 Å². The molecule has 0 saturated heterocycles. The SMILES string of the molecule is CC(C)[C@H](N)C(=O)NC1CCCCCC1. The number of carbonyl (C=O) groups excluding carboxylic acids is 1. The van der Waals surface area contributed by atoms with Gasteiger partial charge in [-0.15, -0.1) is 0 Å². The molecule has 1 saturated carbocycles. The van der Waals surface area contributed by atoms with Gasteiger partial charge >= 0.3 is 0 Å². The van der Waals surface area contributed by atoms with Gasteiger partial charge in [-0.05, 0) is 18.8 Å². The molecule has 1 amide bonds. The van der Waals surface area contributed by atoms with Crippen LogP contribution in [0.15, 0.2) is 0 Å². The number of amides is 1. The van der Waals surface area contributed by atoms with Crippen LogP contribution in [0.3, 0.4) is 0 Å². The minimum atomic E-state index is -0.353. The maximum atomic E-state index is 11.7. The minimum Gasteiger partial charge on any atom is -0.352 e. The summed E-state index contributed by atoms with van der Waals surface area (Å²) in [5.74, 6) is 0.243. The quantitative estimate of drug-likeness (QED) is 0.701.